The van der Waals surface area contributed by atoms with Crippen LogP contribution in [0.4, 0.5) is 0 Å². The highest BCUT2D eigenvalue weighted by Crippen LogP contribution is 2.39. The zero-order chi connectivity index (χ0) is 16.1. The fraction of sp³-hybridized carbons (Fsp3) is 0.444. The number of para-hydroxylation sites is 1. The summed E-state index contributed by atoms with van der Waals surface area (Å²) in [7, 11) is 0. The minimum Gasteiger partial charge on any atom is -0.480 e. The Hall–Kier alpha value is -2.30. The molecule has 2 aliphatic rings. The number of aromatic amines is 1. The van der Waals surface area contributed by atoms with Gasteiger partial charge in [0.15, 0.2) is 0 Å². The number of ether oxygens (including phenoxy) is 1. The molecule has 2 aliphatic heterocycles. The maximum Gasteiger partial charge on any atom is 0.248 e. The van der Waals surface area contributed by atoms with Gasteiger partial charge >= 0.3 is 0 Å². The molecule has 120 valence electrons. The van der Waals surface area contributed by atoms with Crippen LogP contribution in [-0.4, -0.2) is 40.4 Å². The van der Waals surface area contributed by atoms with Crippen LogP contribution in [0.3, 0.4) is 0 Å². The molecule has 1 amide bonds. The molecule has 0 radical (unpaired) electrons. The van der Waals surface area contributed by atoms with E-state index in [2.05, 4.69) is 35.1 Å². The monoisotopic (exact) mass is 311 g/mol. The van der Waals surface area contributed by atoms with Gasteiger partial charge in [0, 0.05) is 23.0 Å². The lowest BCUT2D eigenvalue weighted by molar-refractivity contribution is -0.137. The van der Waals surface area contributed by atoms with Gasteiger partial charge in [-0.2, -0.15) is 0 Å². The fourth-order valence-corrected chi connectivity index (χ4v) is 3.88. The van der Waals surface area contributed by atoms with Crippen LogP contribution >= 0.6 is 0 Å². The number of aliphatic imine (C=N–C) groups is 1. The van der Waals surface area contributed by atoms with Crippen LogP contribution in [0.1, 0.15) is 38.1 Å². The topological polar surface area (TPSA) is 57.7 Å². The number of H-pyrrole nitrogens is 1. The van der Waals surface area contributed by atoms with Crippen molar-refractivity contribution in [3.05, 3.63) is 35.5 Å². The molecular formula is C18H21N3O2. The van der Waals surface area contributed by atoms with E-state index >= 15 is 0 Å². The number of amides is 1. The summed E-state index contributed by atoms with van der Waals surface area (Å²) >= 11 is 0. The molecule has 1 aromatic heterocycles. The Balaban J connectivity index is 1.86. The van der Waals surface area contributed by atoms with Gasteiger partial charge in [-0.3, -0.25) is 4.79 Å². The Labute approximate surface area is 135 Å². The van der Waals surface area contributed by atoms with Crippen molar-refractivity contribution in [3.8, 4) is 0 Å². The second kappa shape index (κ2) is 5.11. The molecule has 0 saturated heterocycles. The Kier molecular flexibility index (Phi) is 3.18. The van der Waals surface area contributed by atoms with Gasteiger partial charge in [0.1, 0.15) is 12.1 Å². The van der Waals surface area contributed by atoms with Crippen molar-refractivity contribution >= 4 is 22.7 Å². The van der Waals surface area contributed by atoms with Crippen molar-refractivity contribution in [2.24, 2.45) is 4.99 Å². The predicted octanol–water partition coefficient (Wildman–Crippen LogP) is 2.82. The van der Waals surface area contributed by atoms with Gasteiger partial charge in [-0.05, 0) is 32.4 Å². The van der Waals surface area contributed by atoms with Crippen molar-refractivity contribution in [3.63, 3.8) is 0 Å². The summed E-state index contributed by atoms with van der Waals surface area (Å²) in [5.74, 6) is 0.776. The molecule has 5 nitrogen and oxygen atoms in total. The number of hydrogen-bond donors (Lipinski definition) is 1. The maximum atomic E-state index is 12.7. The lowest BCUT2D eigenvalue weighted by atomic mass is 9.90. The quantitative estimate of drug-likeness (QED) is 0.880. The molecule has 1 N–H and O–H groups in total. The third-order valence-corrected chi connectivity index (χ3v) is 4.92. The molecule has 0 fully saturated rings. The van der Waals surface area contributed by atoms with Crippen LogP contribution in [0.2, 0.25) is 0 Å². The first-order valence-electron chi connectivity index (χ1n) is 8.24. The predicted molar refractivity (Wildman–Crippen MR) is 89.6 cm³/mol. The number of benzene rings is 1. The van der Waals surface area contributed by atoms with E-state index in [1.165, 1.54) is 10.9 Å². The smallest absolute Gasteiger partial charge is 0.248 e. The van der Waals surface area contributed by atoms with E-state index in [0.29, 0.717) is 12.5 Å². The van der Waals surface area contributed by atoms with Crippen LogP contribution in [-0.2, 0) is 16.0 Å². The van der Waals surface area contributed by atoms with E-state index < -0.39 is 0 Å². The number of rotatable bonds is 1. The second-order valence-electron chi connectivity index (χ2n) is 6.28. The van der Waals surface area contributed by atoms with E-state index in [9.17, 15) is 4.79 Å². The van der Waals surface area contributed by atoms with Crippen molar-refractivity contribution < 1.29 is 9.53 Å². The molecular weight excluding hydrogens is 290 g/mol. The number of carbonyl (C=O) groups is 1. The molecule has 5 heteroatoms. The third kappa shape index (κ3) is 1.99. The molecule has 4 rings (SSSR count). The van der Waals surface area contributed by atoms with E-state index in [-0.39, 0.29) is 24.0 Å². The number of carbonyl (C=O) groups excluding carboxylic acids is 1. The number of hydrogen-bond acceptors (Lipinski definition) is 3. The summed E-state index contributed by atoms with van der Waals surface area (Å²) in [5, 5.41) is 1.23. The first-order chi connectivity index (χ1) is 11.1. The Bertz CT molecular complexity index is 808. The van der Waals surface area contributed by atoms with Crippen molar-refractivity contribution in [1.29, 1.82) is 0 Å². The molecule has 0 spiro atoms. The normalized spacial score (nSPS) is 26.7. The molecule has 2 aromatic rings. The summed E-state index contributed by atoms with van der Waals surface area (Å²) in [5.41, 5.74) is 3.55. The van der Waals surface area contributed by atoms with Crippen LogP contribution in [0.5, 0.6) is 0 Å². The van der Waals surface area contributed by atoms with Gasteiger partial charge in [-0.1, -0.05) is 18.2 Å². The van der Waals surface area contributed by atoms with Gasteiger partial charge in [0.05, 0.1) is 12.6 Å². The number of nitrogens with one attached hydrogen (secondary N) is 1. The minimum absolute atomic E-state index is 0.00273. The van der Waals surface area contributed by atoms with Crippen LogP contribution in [0.25, 0.3) is 10.9 Å². The molecule has 0 bridgehead atoms. The number of nitrogens with zero attached hydrogens (tertiary/aromatic N) is 2. The molecule has 3 atom stereocenters. The van der Waals surface area contributed by atoms with Gasteiger partial charge in [-0.25, -0.2) is 4.99 Å². The van der Waals surface area contributed by atoms with Crippen LogP contribution < -0.4 is 0 Å². The summed E-state index contributed by atoms with van der Waals surface area (Å²) in [6.45, 7) is 6.45. The Morgan fingerprint density at radius 3 is 2.91 bits per heavy atom. The van der Waals surface area contributed by atoms with Gasteiger partial charge < -0.3 is 14.6 Å². The molecule has 0 saturated carbocycles. The maximum absolute atomic E-state index is 12.7. The summed E-state index contributed by atoms with van der Waals surface area (Å²) in [4.78, 5) is 22.6. The van der Waals surface area contributed by atoms with E-state index in [1.54, 1.807) is 0 Å². The summed E-state index contributed by atoms with van der Waals surface area (Å²) in [6, 6.07) is 7.83. The average molecular weight is 311 g/mol. The zero-order valence-corrected chi connectivity index (χ0v) is 13.7. The second-order valence-corrected chi connectivity index (χ2v) is 6.28. The SMILES string of the molecule is CCOC1=N[C@@H](C)C(=O)N2[C@H]1Cc1c([nH]c3ccccc13)[C@@H]2C. The largest absolute Gasteiger partial charge is 0.480 e. The summed E-state index contributed by atoms with van der Waals surface area (Å²) in [6.07, 6.45) is 0.751. The van der Waals surface area contributed by atoms with Crippen molar-refractivity contribution in [2.75, 3.05) is 6.61 Å². The summed E-state index contributed by atoms with van der Waals surface area (Å²) < 4.78 is 5.77. The van der Waals surface area contributed by atoms with E-state index in [4.69, 9.17) is 4.74 Å². The highest BCUT2D eigenvalue weighted by atomic mass is 16.5. The minimum atomic E-state index is -0.374. The molecule has 3 heterocycles. The standard InChI is InChI=1S/C18H21N3O2/c1-4-23-17-15-9-13-12-7-5-6-8-14(12)20-16(13)11(3)21(15)18(22)10(2)19-17/h5-8,10-11,15,20H,4,9H2,1-3H3/t10-,11-,15-/m0/s1. The average Bonchev–Trinajstić information content (AvgIpc) is 2.92. The molecule has 23 heavy (non-hydrogen) atoms. The highest BCUT2D eigenvalue weighted by Gasteiger charge is 2.44. The van der Waals surface area contributed by atoms with E-state index in [0.717, 1.165) is 17.6 Å². The Morgan fingerprint density at radius 2 is 2.13 bits per heavy atom. The van der Waals surface area contributed by atoms with Crippen LogP contribution in [0, 0.1) is 0 Å². The van der Waals surface area contributed by atoms with E-state index in [1.807, 2.05) is 24.8 Å². The molecule has 0 unspecified atom stereocenters. The van der Waals surface area contributed by atoms with Crippen molar-refractivity contribution in [1.82, 2.24) is 9.88 Å². The first kappa shape index (κ1) is 14.3. The fourth-order valence-electron chi connectivity index (χ4n) is 3.88. The third-order valence-electron chi connectivity index (χ3n) is 4.92. The van der Waals surface area contributed by atoms with Gasteiger partial charge in [-0.15, -0.1) is 0 Å². The molecule has 0 aliphatic carbocycles. The lowest BCUT2D eigenvalue weighted by Gasteiger charge is -2.43. The number of fused-ring (bicyclic) bond motifs is 4. The first-order valence-corrected chi connectivity index (χ1v) is 8.24. The van der Waals surface area contributed by atoms with Gasteiger partial charge in [0.25, 0.3) is 0 Å². The van der Waals surface area contributed by atoms with Crippen molar-refractivity contribution in [2.45, 2.75) is 45.3 Å². The van der Waals surface area contributed by atoms with Crippen LogP contribution in [0.15, 0.2) is 29.3 Å². The molecule has 1 aromatic carbocycles. The highest BCUT2D eigenvalue weighted by molar-refractivity contribution is 5.97. The Morgan fingerprint density at radius 1 is 1.35 bits per heavy atom. The lowest BCUT2D eigenvalue weighted by Crippen LogP contribution is -2.56. The zero-order valence-electron chi connectivity index (χ0n) is 13.7. The van der Waals surface area contributed by atoms with Gasteiger partial charge in [0.2, 0.25) is 11.8 Å². The number of aromatic nitrogens is 1.